The van der Waals surface area contributed by atoms with Crippen LogP contribution in [0.5, 0.6) is 0 Å². The zero-order valence-electron chi connectivity index (χ0n) is 27.5. The number of furan rings is 1. The number of aromatic nitrogens is 3. The van der Waals surface area contributed by atoms with Gasteiger partial charge in [-0.15, -0.1) is 0 Å². The summed E-state index contributed by atoms with van der Waals surface area (Å²) in [7, 11) is 0. The molecule has 4 heteroatoms. The number of nitrogens with zero attached hydrogens (tertiary/aromatic N) is 3. The second kappa shape index (κ2) is 11.9. The number of benzene rings is 8. The summed E-state index contributed by atoms with van der Waals surface area (Å²) in [5.41, 5.74) is 8.99. The van der Waals surface area contributed by atoms with Crippen LogP contribution in [0.25, 0.3) is 99.9 Å². The summed E-state index contributed by atoms with van der Waals surface area (Å²) in [6.45, 7) is 0. The number of para-hydroxylation sites is 1. The summed E-state index contributed by atoms with van der Waals surface area (Å²) >= 11 is 0. The van der Waals surface area contributed by atoms with Gasteiger partial charge in [0, 0.05) is 27.5 Å². The lowest BCUT2D eigenvalue weighted by molar-refractivity contribution is 0.669. The maximum atomic E-state index is 6.24. The molecule has 0 atom stereocenters. The van der Waals surface area contributed by atoms with Crippen molar-refractivity contribution in [1.29, 1.82) is 0 Å². The van der Waals surface area contributed by atoms with E-state index in [1.807, 2.05) is 30.3 Å². The van der Waals surface area contributed by atoms with E-state index in [9.17, 15) is 0 Å². The van der Waals surface area contributed by atoms with E-state index in [-0.39, 0.29) is 0 Å². The van der Waals surface area contributed by atoms with Crippen molar-refractivity contribution < 1.29 is 4.42 Å². The van der Waals surface area contributed by atoms with Gasteiger partial charge in [0.05, 0.1) is 0 Å². The molecule has 8 aromatic carbocycles. The molecule has 51 heavy (non-hydrogen) atoms. The van der Waals surface area contributed by atoms with Gasteiger partial charge in [-0.1, -0.05) is 152 Å². The van der Waals surface area contributed by atoms with Crippen LogP contribution in [0.15, 0.2) is 180 Å². The highest BCUT2D eigenvalue weighted by molar-refractivity contribution is 6.11. The van der Waals surface area contributed by atoms with Gasteiger partial charge in [0.25, 0.3) is 0 Å². The zero-order chi connectivity index (χ0) is 33.7. The summed E-state index contributed by atoms with van der Waals surface area (Å²) in [6, 6.07) is 61.2. The Labute approximate surface area is 294 Å². The molecule has 0 fully saturated rings. The van der Waals surface area contributed by atoms with Crippen LogP contribution in [0, 0.1) is 0 Å². The number of rotatable bonds is 5. The minimum atomic E-state index is 0.601. The summed E-state index contributed by atoms with van der Waals surface area (Å²) < 4.78 is 6.24. The van der Waals surface area contributed by atoms with E-state index in [1.54, 1.807) is 0 Å². The molecule has 0 saturated carbocycles. The molecule has 0 spiro atoms. The molecule has 0 aliphatic heterocycles. The second-order valence-corrected chi connectivity index (χ2v) is 12.9. The second-order valence-electron chi connectivity index (χ2n) is 12.9. The Bertz CT molecular complexity index is 2770. The Hall–Kier alpha value is -6.91. The van der Waals surface area contributed by atoms with Crippen molar-refractivity contribution in [1.82, 2.24) is 15.0 Å². The lowest BCUT2D eigenvalue weighted by atomic mass is 10.00. The van der Waals surface area contributed by atoms with Gasteiger partial charge in [0.2, 0.25) is 0 Å². The fraction of sp³-hybridized carbons (Fsp3) is 0. The van der Waals surface area contributed by atoms with Crippen LogP contribution in [-0.2, 0) is 0 Å². The molecule has 0 unspecified atom stereocenters. The van der Waals surface area contributed by atoms with Gasteiger partial charge in [-0.2, -0.15) is 0 Å². The number of hydrogen-bond acceptors (Lipinski definition) is 4. The van der Waals surface area contributed by atoms with Gasteiger partial charge < -0.3 is 4.42 Å². The monoisotopic (exact) mass is 651 g/mol. The zero-order valence-corrected chi connectivity index (χ0v) is 27.5. The summed E-state index contributed by atoms with van der Waals surface area (Å²) in [5.74, 6) is 1.83. The minimum Gasteiger partial charge on any atom is -0.456 e. The highest BCUT2D eigenvalue weighted by Gasteiger charge is 2.18. The Morgan fingerprint density at radius 1 is 0.314 bits per heavy atom. The van der Waals surface area contributed by atoms with Crippen molar-refractivity contribution >= 4 is 43.5 Å². The Morgan fingerprint density at radius 3 is 1.35 bits per heavy atom. The SMILES string of the molecule is c1ccc2cc(-c3ccc(-c4nc(-c5ccc(-c6ccc7ccccc7c6)cc5)nc(-c5cccc6oc7ccccc7c56)n4)cc3)ccc2c1. The molecule has 0 N–H and O–H groups in total. The molecule has 2 heterocycles. The number of fused-ring (bicyclic) bond motifs is 5. The predicted molar refractivity (Wildman–Crippen MR) is 209 cm³/mol. The first-order valence-corrected chi connectivity index (χ1v) is 17.1. The van der Waals surface area contributed by atoms with E-state index in [1.165, 1.54) is 32.7 Å². The lowest BCUT2D eigenvalue weighted by Gasteiger charge is -2.11. The molecular weight excluding hydrogens is 623 g/mol. The van der Waals surface area contributed by atoms with E-state index in [0.717, 1.165) is 49.8 Å². The van der Waals surface area contributed by atoms with Gasteiger partial charge in [-0.25, -0.2) is 15.0 Å². The smallest absolute Gasteiger partial charge is 0.164 e. The van der Waals surface area contributed by atoms with Crippen LogP contribution in [0.3, 0.4) is 0 Å². The van der Waals surface area contributed by atoms with Crippen molar-refractivity contribution in [2.45, 2.75) is 0 Å². The molecule has 0 bridgehead atoms. The van der Waals surface area contributed by atoms with Crippen molar-refractivity contribution in [3.8, 4) is 56.4 Å². The molecule has 10 rings (SSSR count). The van der Waals surface area contributed by atoms with E-state index in [2.05, 4.69) is 146 Å². The number of hydrogen-bond donors (Lipinski definition) is 0. The van der Waals surface area contributed by atoms with Gasteiger partial charge in [0.1, 0.15) is 11.2 Å². The minimum absolute atomic E-state index is 0.601. The first-order chi connectivity index (χ1) is 25.2. The van der Waals surface area contributed by atoms with Crippen molar-refractivity contribution in [2.75, 3.05) is 0 Å². The molecule has 0 saturated heterocycles. The van der Waals surface area contributed by atoms with Crippen LogP contribution in [0.2, 0.25) is 0 Å². The van der Waals surface area contributed by atoms with Crippen molar-refractivity contribution in [2.24, 2.45) is 0 Å². The highest BCUT2D eigenvalue weighted by Crippen LogP contribution is 2.37. The van der Waals surface area contributed by atoms with Gasteiger partial charge in [-0.3, -0.25) is 0 Å². The maximum Gasteiger partial charge on any atom is 0.164 e. The normalized spacial score (nSPS) is 11.5. The standard InChI is InChI=1S/C47H29N3O/c1-3-10-36-28-38(26-20-30(36)8-1)32-16-22-34(23-17-32)45-48-46(35-24-18-33(19-25-35)39-27-21-31-9-2-4-11-37(31)29-39)50-47(49-45)41-13-7-15-43-44(41)40-12-5-6-14-42(40)51-43/h1-29H. The van der Waals surface area contributed by atoms with Gasteiger partial charge in [-0.05, 0) is 68.1 Å². The molecule has 238 valence electrons. The third kappa shape index (κ3) is 5.22. The summed E-state index contributed by atoms with van der Waals surface area (Å²) in [6.07, 6.45) is 0. The summed E-state index contributed by atoms with van der Waals surface area (Å²) in [5, 5.41) is 6.93. The van der Waals surface area contributed by atoms with Crippen LogP contribution in [0.4, 0.5) is 0 Å². The molecular formula is C47H29N3O. The van der Waals surface area contributed by atoms with Crippen LogP contribution in [-0.4, -0.2) is 15.0 Å². The molecule has 0 aliphatic carbocycles. The lowest BCUT2D eigenvalue weighted by Crippen LogP contribution is -2.00. The average Bonchev–Trinajstić information content (AvgIpc) is 3.59. The maximum absolute atomic E-state index is 6.24. The fourth-order valence-electron chi connectivity index (χ4n) is 7.08. The van der Waals surface area contributed by atoms with Gasteiger partial charge in [0.15, 0.2) is 17.5 Å². The summed E-state index contributed by atoms with van der Waals surface area (Å²) in [4.78, 5) is 15.3. The third-order valence-corrected chi connectivity index (χ3v) is 9.73. The Morgan fingerprint density at radius 2 is 0.765 bits per heavy atom. The quantitative estimate of drug-likeness (QED) is 0.186. The predicted octanol–water partition coefficient (Wildman–Crippen LogP) is 12.4. The van der Waals surface area contributed by atoms with Crippen LogP contribution in [0.1, 0.15) is 0 Å². The average molecular weight is 652 g/mol. The molecule has 0 amide bonds. The molecule has 0 radical (unpaired) electrons. The molecule has 4 nitrogen and oxygen atoms in total. The fourth-order valence-corrected chi connectivity index (χ4v) is 7.08. The van der Waals surface area contributed by atoms with Crippen molar-refractivity contribution in [3.63, 3.8) is 0 Å². The molecule has 0 aliphatic rings. The molecule has 2 aromatic heterocycles. The Balaban J connectivity index is 1.09. The molecule has 10 aromatic rings. The van der Waals surface area contributed by atoms with Crippen LogP contribution >= 0.6 is 0 Å². The van der Waals surface area contributed by atoms with E-state index in [0.29, 0.717) is 17.5 Å². The Kier molecular flexibility index (Phi) is 6.78. The van der Waals surface area contributed by atoms with E-state index in [4.69, 9.17) is 19.4 Å². The first-order valence-electron chi connectivity index (χ1n) is 17.1. The van der Waals surface area contributed by atoms with Crippen molar-refractivity contribution in [3.05, 3.63) is 176 Å². The van der Waals surface area contributed by atoms with Gasteiger partial charge >= 0.3 is 0 Å². The first kappa shape index (κ1) is 29.0. The third-order valence-electron chi connectivity index (χ3n) is 9.73. The topological polar surface area (TPSA) is 51.8 Å². The van der Waals surface area contributed by atoms with E-state index < -0.39 is 0 Å². The largest absolute Gasteiger partial charge is 0.456 e. The van der Waals surface area contributed by atoms with E-state index >= 15 is 0 Å². The van der Waals surface area contributed by atoms with Crippen LogP contribution < -0.4 is 0 Å². The highest BCUT2D eigenvalue weighted by atomic mass is 16.3.